The molecule has 0 amide bonds. The highest BCUT2D eigenvalue weighted by atomic mass is 16.7. The molecule has 2 atom stereocenters. The average molecular weight is 1110 g/mol. The van der Waals surface area contributed by atoms with Crippen molar-refractivity contribution in [1.29, 1.82) is 0 Å². The number of quaternary nitrogens is 1. The number of rotatable bonds is 63. The Balaban J connectivity index is 4.08. The molecule has 0 bridgehead atoms. The Bertz CT molecular complexity index is 1430. The van der Waals surface area contributed by atoms with E-state index < -0.39 is 24.3 Å². The summed E-state index contributed by atoms with van der Waals surface area (Å²) in [5.74, 6) is -2.01. The minimum atomic E-state index is -1.51. The van der Waals surface area contributed by atoms with E-state index in [-0.39, 0.29) is 32.2 Å². The molecule has 0 saturated heterocycles. The van der Waals surface area contributed by atoms with Crippen molar-refractivity contribution in [3.63, 3.8) is 0 Å². The molecule has 2 unspecified atom stereocenters. The zero-order valence-electron chi connectivity index (χ0n) is 52.8. The van der Waals surface area contributed by atoms with E-state index in [4.69, 9.17) is 18.9 Å². The average Bonchev–Trinajstić information content (AvgIpc) is 3.42. The smallest absolute Gasteiger partial charge is 0.361 e. The monoisotopic (exact) mass is 1110 g/mol. The number of hydrogen-bond donors (Lipinski definition) is 1. The van der Waals surface area contributed by atoms with Gasteiger partial charge in [-0.15, -0.1) is 0 Å². The summed E-state index contributed by atoms with van der Waals surface area (Å²) in [6.07, 6.45) is 75.1. The Labute approximate surface area is 489 Å². The number of esters is 2. The molecular weight excluding hydrogens is 983 g/mol. The van der Waals surface area contributed by atoms with Crippen LogP contribution in [0.3, 0.4) is 0 Å². The summed E-state index contributed by atoms with van der Waals surface area (Å²) < 4.78 is 22.9. The van der Waals surface area contributed by atoms with Gasteiger partial charge in [-0.25, -0.2) is 4.79 Å². The molecule has 9 nitrogen and oxygen atoms in total. The SMILES string of the molecule is CCCCCCC/C=C\C/C=C\C/C=C\CCCCCCCCC(=O)OC(COC(=O)CCCCCCCCCCCCCCCCCCCCCCC/C=C\CCCCCCCCCC)COC(OCC[N+](C)(C)C)C(=O)O. The highest BCUT2D eigenvalue weighted by molar-refractivity contribution is 5.71. The first kappa shape index (κ1) is 76.2. The standard InChI is InChI=1S/C70H129NO8/c1-6-8-10-12-14-16-18-20-22-24-26-28-29-30-31-32-33-34-35-36-37-38-39-41-42-44-46-48-50-52-54-56-58-60-67(72)77-64-66(65-78-70(69(74)75)76-63-62-71(3,4)5)79-68(73)61-59-57-55-53-51-49-47-45-43-40-27-25-23-21-19-17-15-13-11-9-7-2/h19,21,24-27,43,45,66,70H,6-18,20,22-23,28-42,44,46-65H2,1-5H3/p+1/b21-19-,26-24-,27-25-,45-43-. The second kappa shape index (κ2) is 61.3. The number of carboxylic acids is 1. The van der Waals surface area contributed by atoms with Crippen LogP contribution in [0.2, 0.25) is 0 Å². The van der Waals surface area contributed by atoms with Crippen molar-refractivity contribution in [2.75, 3.05) is 47.5 Å². The molecule has 0 aliphatic carbocycles. The van der Waals surface area contributed by atoms with Crippen LogP contribution in [0.15, 0.2) is 48.6 Å². The predicted molar refractivity (Wildman–Crippen MR) is 337 cm³/mol. The van der Waals surface area contributed by atoms with Crippen LogP contribution in [-0.2, 0) is 33.3 Å². The lowest BCUT2D eigenvalue weighted by atomic mass is 10.0. The Morgan fingerprint density at radius 1 is 0.380 bits per heavy atom. The molecule has 79 heavy (non-hydrogen) atoms. The third kappa shape index (κ3) is 62.7. The zero-order chi connectivity index (χ0) is 57.6. The second-order valence-electron chi connectivity index (χ2n) is 24.1. The fourth-order valence-corrected chi connectivity index (χ4v) is 9.84. The van der Waals surface area contributed by atoms with E-state index in [1.54, 1.807) is 0 Å². The summed E-state index contributed by atoms with van der Waals surface area (Å²) in [5.41, 5.74) is 0. The molecule has 0 radical (unpaired) electrons. The van der Waals surface area contributed by atoms with Gasteiger partial charge in [0.05, 0.1) is 34.4 Å². The fraction of sp³-hybridized carbons (Fsp3) is 0.843. The molecule has 0 aromatic carbocycles. The lowest BCUT2D eigenvalue weighted by molar-refractivity contribution is -0.870. The fourth-order valence-electron chi connectivity index (χ4n) is 9.84. The van der Waals surface area contributed by atoms with Crippen molar-refractivity contribution in [3.8, 4) is 0 Å². The van der Waals surface area contributed by atoms with Crippen LogP contribution in [0.5, 0.6) is 0 Å². The van der Waals surface area contributed by atoms with Crippen molar-refractivity contribution in [3.05, 3.63) is 48.6 Å². The van der Waals surface area contributed by atoms with Gasteiger partial charge in [0.15, 0.2) is 6.10 Å². The Hall–Kier alpha value is -2.75. The van der Waals surface area contributed by atoms with Crippen LogP contribution in [0, 0.1) is 0 Å². The predicted octanol–water partition coefficient (Wildman–Crippen LogP) is 20.6. The highest BCUT2D eigenvalue weighted by Gasteiger charge is 2.25. The van der Waals surface area contributed by atoms with E-state index in [1.165, 1.54) is 231 Å². The first-order chi connectivity index (χ1) is 38.6. The van der Waals surface area contributed by atoms with Gasteiger partial charge < -0.3 is 28.5 Å². The summed E-state index contributed by atoms with van der Waals surface area (Å²) in [4.78, 5) is 37.5. The molecule has 0 aromatic heterocycles. The Kier molecular flexibility index (Phi) is 59.2. The third-order valence-electron chi connectivity index (χ3n) is 15.1. The summed E-state index contributed by atoms with van der Waals surface area (Å²) in [6, 6.07) is 0. The molecule has 462 valence electrons. The molecule has 0 saturated carbocycles. The molecule has 0 aliphatic rings. The number of carbonyl (C=O) groups excluding carboxylic acids is 2. The van der Waals surface area contributed by atoms with Gasteiger partial charge in [-0.1, -0.05) is 281 Å². The lowest BCUT2D eigenvalue weighted by Gasteiger charge is -2.25. The number of allylic oxidation sites excluding steroid dienone is 8. The van der Waals surface area contributed by atoms with Crippen LogP contribution >= 0.6 is 0 Å². The van der Waals surface area contributed by atoms with Gasteiger partial charge in [0.25, 0.3) is 6.29 Å². The van der Waals surface area contributed by atoms with Crippen LogP contribution in [0.4, 0.5) is 0 Å². The number of carboxylic acid groups (broad SMARTS) is 1. The van der Waals surface area contributed by atoms with E-state index in [1.807, 2.05) is 21.1 Å². The summed E-state index contributed by atoms with van der Waals surface area (Å²) >= 11 is 0. The molecule has 1 N–H and O–H groups in total. The second-order valence-corrected chi connectivity index (χ2v) is 24.1. The van der Waals surface area contributed by atoms with Gasteiger partial charge in [0, 0.05) is 12.8 Å². The van der Waals surface area contributed by atoms with Crippen molar-refractivity contribution >= 4 is 17.9 Å². The molecule has 0 rings (SSSR count). The maximum absolute atomic E-state index is 12.9. The van der Waals surface area contributed by atoms with Gasteiger partial charge in [-0.2, -0.15) is 0 Å². The zero-order valence-corrected chi connectivity index (χ0v) is 52.8. The number of nitrogens with zero attached hydrogens (tertiary/aromatic N) is 1. The van der Waals surface area contributed by atoms with Gasteiger partial charge in [0.1, 0.15) is 13.2 Å². The van der Waals surface area contributed by atoms with Crippen molar-refractivity contribution in [1.82, 2.24) is 0 Å². The molecule has 0 heterocycles. The van der Waals surface area contributed by atoms with E-state index in [2.05, 4.69) is 62.5 Å². The van der Waals surface area contributed by atoms with E-state index in [0.29, 0.717) is 23.9 Å². The van der Waals surface area contributed by atoms with Crippen molar-refractivity contribution < 1.29 is 42.9 Å². The summed E-state index contributed by atoms with van der Waals surface area (Å²) in [7, 11) is 5.98. The van der Waals surface area contributed by atoms with Gasteiger partial charge in [0.2, 0.25) is 0 Å². The molecule has 9 heteroatoms. The number of carbonyl (C=O) groups is 3. The molecule has 0 aliphatic heterocycles. The first-order valence-electron chi connectivity index (χ1n) is 33.8. The minimum absolute atomic E-state index is 0.185. The number of hydrogen-bond acceptors (Lipinski definition) is 7. The van der Waals surface area contributed by atoms with E-state index >= 15 is 0 Å². The first-order valence-corrected chi connectivity index (χ1v) is 33.8. The van der Waals surface area contributed by atoms with Crippen LogP contribution < -0.4 is 0 Å². The number of ether oxygens (including phenoxy) is 4. The van der Waals surface area contributed by atoms with Gasteiger partial charge in [-0.3, -0.25) is 9.59 Å². The van der Waals surface area contributed by atoms with Gasteiger partial charge in [-0.05, 0) is 77.0 Å². The summed E-state index contributed by atoms with van der Waals surface area (Å²) in [6.45, 7) is 4.89. The van der Waals surface area contributed by atoms with E-state index in [9.17, 15) is 19.5 Å². The third-order valence-corrected chi connectivity index (χ3v) is 15.1. The minimum Gasteiger partial charge on any atom is -0.477 e. The van der Waals surface area contributed by atoms with Crippen LogP contribution in [-0.4, -0.2) is 87.4 Å². The maximum atomic E-state index is 12.9. The normalized spacial score (nSPS) is 13.0. The highest BCUT2D eigenvalue weighted by Crippen LogP contribution is 2.18. The molecule has 0 aromatic rings. The number of unbranched alkanes of at least 4 members (excludes halogenated alkanes) is 40. The van der Waals surface area contributed by atoms with Gasteiger partial charge >= 0.3 is 17.9 Å². The molecular formula is C70H130NO8+. The Morgan fingerprint density at radius 2 is 0.684 bits per heavy atom. The molecule has 0 fully saturated rings. The van der Waals surface area contributed by atoms with Crippen molar-refractivity contribution in [2.24, 2.45) is 0 Å². The quantitative estimate of drug-likeness (QED) is 0.0211. The topological polar surface area (TPSA) is 108 Å². The van der Waals surface area contributed by atoms with Crippen molar-refractivity contribution in [2.45, 2.75) is 334 Å². The maximum Gasteiger partial charge on any atom is 0.361 e. The Morgan fingerprint density at radius 3 is 1.03 bits per heavy atom. The van der Waals surface area contributed by atoms with Crippen LogP contribution in [0.25, 0.3) is 0 Å². The largest absolute Gasteiger partial charge is 0.477 e. The summed E-state index contributed by atoms with van der Waals surface area (Å²) in [5, 5.41) is 9.73. The lowest BCUT2D eigenvalue weighted by Crippen LogP contribution is -2.40. The molecule has 0 spiro atoms. The van der Waals surface area contributed by atoms with Crippen LogP contribution in [0.1, 0.15) is 322 Å². The number of aliphatic carboxylic acids is 1. The van der Waals surface area contributed by atoms with E-state index in [0.717, 1.165) is 57.8 Å². The number of likely N-dealkylation sites (N-methyl/N-ethyl adjacent to an activating group) is 1.